The van der Waals surface area contributed by atoms with Gasteiger partial charge >= 0.3 is 0 Å². The molecule has 1 saturated carbocycles. The van der Waals surface area contributed by atoms with Crippen LogP contribution in [0.4, 0.5) is 0 Å². The lowest BCUT2D eigenvalue weighted by molar-refractivity contribution is -0.128. The third kappa shape index (κ3) is 2.44. The van der Waals surface area contributed by atoms with Gasteiger partial charge in [0.2, 0.25) is 5.91 Å². The fourth-order valence-electron chi connectivity index (χ4n) is 1.98. The summed E-state index contributed by atoms with van der Waals surface area (Å²) in [5, 5.41) is 9.10. The Balaban J connectivity index is 2.63. The summed E-state index contributed by atoms with van der Waals surface area (Å²) < 4.78 is 0. The Bertz CT molecular complexity index is 172. The van der Waals surface area contributed by atoms with Gasteiger partial charge in [-0.3, -0.25) is 4.79 Å². The zero-order chi connectivity index (χ0) is 9.73. The van der Waals surface area contributed by atoms with Crippen LogP contribution in [0.5, 0.6) is 0 Å². The summed E-state index contributed by atoms with van der Waals surface area (Å²) in [6.07, 6.45) is 6.91. The average Bonchev–Trinajstić information content (AvgIpc) is 2.04. The van der Waals surface area contributed by atoms with Gasteiger partial charge in [0.1, 0.15) is 0 Å². The molecule has 0 aromatic rings. The fraction of sp³-hybridized carbons (Fsp3) is 0.800. The molecule has 1 aliphatic carbocycles. The van der Waals surface area contributed by atoms with E-state index in [1.165, 1.54) is 6.42 Å². The molecule has 0 bridgehead atoms. The van der Waals surface area contributed by atoms with E-state index in [2.05, 4.69) is 0 Å². The van der Waals surface area contributed by atoms with Crippen LogP contribution in [0.15, 0.2) is 0 Å². The van der Waals surface area contributed by atoms with Crippen LogP contribution in [0, 0.1) is 12.0 Å². The molecule has 0 spiro atoms. The van der Waals surface area contributed by atoms with Gasteiger partial charge in [-0.25, -0.2) is 0 Å². The maximum atomic E-state index is 11.2. The Labute approximate surface area is 79.3 Å². The molecule has 0 aromatic heterocycles. The van der Waals surface area contributed by atoms with Crippen molar-refractivity contribution in [2.45, 2.75) is 44.9 Å². The number of carbonyl (C=O) groups is 1. The quantitative estimate of drug-likeness (QED) is 0.686. The van der Waals surface area contributed by atoms with Crippen LogP contribution >= 0.6 is 0 Å². The summed E-state index contributed by atoms with van der Waals surface area (Å²) >= 11 is 0. The van der Waals surface area contributed by atoms with E-state index in [-0.39, 0.29) is 5.91 Å². The third-order valence-corrected chi connectivity index (χ3v) is 2.98. The van der Waals surface area contributed by atoms with E-state index in [9.17, 15) is 4.79 Å². The van der Waals surface area contributed by atoms with Crippen LogP contribution in [-0.4, -0.2) is 11.0 Å². The van der Waals surface area contributed by atoms with Crippen LogP contribution in [0.2, 0.25) is 0 Å². The SMILES string of the molecule is NC(=O)C1([CH]O)CCCCCCC1. The molecule has 0 aliphatic heterocycles. The molecule has 13 heavy (non-hydrogen) atoms. The summed E-state index contributed by atoms with van der Waals surface area (Å²) in [4.78, 5) is 11.2. The molecule has 0 atom stereocenters. The topological polar surface area (TPSA) is 63.3 Å². The number of carbonyl (C=O) groups excluding carboxylic acids is 1. The van der Waals surface area contributed by atoms with Crippen LogP contribution < -0.4 is 5.73 Å². The normalized spacial score (nSPS) is 23.2. The Kier molecular flexibility index (Phi) is 3.72. The second-order valence-corrected chi connectivity index (χ2v) is 3.92. The first-order valence-electron chi connectivity index (χ1n) is 5.00. The number of nitrogens with two attached hydrogens (primary N) is 1. The molecule has 0 unspecified atom stereocenters. The lowest BCUT2D eigenvalue weighted by Gasteiger charge is -2.29. The molecule has 0 aromatic carbocycles. The van der Waals surface area contributed by atoms with Gasteiger partial charge in [0.05, 0.1) is 12.0 Å². The predicted molar refractivity (Wildman–Crippen MR) is 50.2 cm³/mol. The molecule has 75 valence electrons. The van der Waals surface area contributed by atoms with E-state index in [1.807, 2.05) is 0 Å². The molecular weight excluding hydrogens is 166 g/mol. The fourth-order valence-corrected chi connectivity index (χ4v) is 1.98. The molecule has 3 N–H and O–H groups in total. The first-order chi connectivity index (χ1) is 6.21. The van der Waals surface area contributed by atoms with Crippen LogP contribution in [0.25, 0.3) is 0 Å². The van der Waals surface area contributed by atoms with Crippen LogP contribution in [0.3, 0.4) is 0 Å². The van der Waals surface area contributed by atoms with Crippen molar-refractivity contribution >= 4 is 5.91 Å². The van der Waals surface area contributed by atoms with Gasteiger partial charge in [-0.1, -0.05) is 32.1 Å². The molecule has 3 heteroatoms. The molecule has 1 aliphatic rings. The van der Waals surface area contributed by atoms with Crippen molar-refractivity contribution in [2.75, 3.05) is 0 Å². The summed E-state index contributed by atoms with van der Waals surface area (Å²) in [6.45, 7) is 1.01. The number of rotatable bonds is 2. The minimum Gasteiger partial charge on any atom is -0.389 e. The second-order valence-electron chi connectivity index (χ2n) is 3.92. The summed E-state index contributed by atoms with van der Waals surface area (Å²) in [7, 11) is 0. The van der Waals surface area contributed by atoms with Crippen molar-refractivity contribution in [1.82, 2.24) is 0 Å². The monoisotopic (exact) mass is 184 g/mol. The molecule has 1 amide bonds. The van der Waals surface area contributed by atoms with Crippen molar-refractivity contribution in [3.63, 3.8) is 0 Å². The first-order valence-corrected chi connectivity index (χ1v) is 5.00. The zero-order valence-electron chi connectivity index (χ0n) is 7.96. The zero-order valence-corrected chi connectivity index (χ0v) is 7.96. The molecule has 1 rings (SSSR count). The maximum Gasteiger partial charge on any atom is 0.226 e. The predicted octanol–water partition coefficient (Wildman–Crippen LogP) is 1.74. The van der Waals surface area contributed by atoms with E-state index in [0.29, 0.717) is 12.8 Å². The summed E-state index contributed by atoms with van der Waals surface area (Å²) in [5.74, 6) is -0.378. The van der Waals surface area contributed by atoms with E-state index in [4.69, 9.17) is 10.8 Å². The van der Waals surface area contributed by atoms with Crippen molar-refractivity contribution in [1.29, 1.82) is 0 Å². The van der Waals surface area contributed by atoms with Crippen molar-refractivity contribution in [3.05, 3.63) is 6.61 Å². The highest BCUT2D eigenvalue weighted by atomic mass is 16.3. The minimum absolute atomic E-state index is 0.378. The largest absolute Gasteiger partial charge is 0.389 e. The Hall–Kier alpha value is -0.570. The average molecular weight is 184 g/mol. The molecule has 0 heterocycles. The Morgan fingerprint density at radius 2 is 1.62 bits per heavy atom. The van der Waals surface area contributed by atoms with Gasteiger partial charge < -0.3 is 10.8 Å². The smallest absolute Gasteiger partial charge is 0.226 e. The first kappa shape index (κ1) is 10.5. The van der Waals surface area contributed by atoms with Gasteiger partial charge in [0.15, 0.2) is 0 Å². The maximum absolute atomic E-state index is 11.2. The lowest BCUT2D eigenvalue weighted by atomic mass is 9.76. The third-order valence-electron chi connectivity index (χ3n) is 2.98. The highest BCUT2D eigenvalue weighted by Gasteiger charge is 2.35. The molecular formula is C10H18NO2. The standard InChI is InChI=1S/C10H18NO2/c11-9(13)10(8-12)6-4-2-1-3-5-7-10/h8,12H,1-7H2,(H2,11,13). The molecule has 1 radical (unpaired) electrons. The van der Waals surface area contributed by atoms with Crippen LogP contribution in [-0.2, 0) is 4.79 Å². The molecule has 3 nitrogen and oxygen atoms in total. The van der Waals surface area contributed by atoms with E-state index < -0.39 is 5.41 Å². The lowest BCUT2D eigenvalue weighted by Crippen LogP contribution is -2.38. The highest BCUT2D eigenvalue weighted by molar-refractivity contribution is 5.81. The Morgan fingerprint density at radius 1 is 1.15 bits per heavy atom. The van der Waals surface area contributed by atoms with Gasteiger partial charge in [-0.15, -0.1) is 0 Å². The Morgan fingerprint density at radius 3 is 2.00 bits per heavy atom. The number of aliphatic hydroxyl groups excluding tert-OH is 1. The van der Waals surface area contributed by atoms with Crippen molar-refractivity contribution in [2.24, 2.45) is 11.1 Å². The van der Waals surface area contributed by atoms with Gasteiger partial charge in [0, 0.05) is 0 Å². The summed E-state index contributed by atoms with van der Waals surface area (Å²) in [5.41, 5.74) is 4.57. The van der Waals surface area contributed by atoms with E-state index in [0.717, 1.165) is 32.3 Å². The number of amides is 1. The summed E-state index contributed by atoms with van der Waals surface area (Å²) in [6, 6.07) is 0. The molecule has 0 saturated heterocycles. The number of primary amides is 1. The van der Waals surface area contributed by atoms with Crippen molar-refractivity contribution in [3.8, 4) is 0 Å². The highest BCUT2D eigenvalue weighted by Crippen LogP contribution is 2.35. The van der Waals surface area contributed by atoms with Gasteiger partial charge in [-0.05, 0) is 12.8 Å². The van der Waals surface area contributed by atoms with E-state index in [1.54, 1.807) is 0 Å². The van der Waals surface area contributed by atoms with Crippen molar-refractivity contribution < 1.29 is 9.90 Å². The van der Waals surface area contributed by atoms with Gasteiger partial charge in [-0.2, -0.15) is 0 Å². The van der Waals surface area contributed by atoms with Crippen LogP contribution in [0.1, 0.15) is 44.9 Å². The van der Waals surface area contributed by atoms with E-state index >= 15 is 0 Å². The van der Waals surface area contributed by atoms with Gasteiger partial charge in [0.25, 0.3) is 0 Å². The minimum atomic E-state index is -0.736. The number of aliphatic hydroxyl groups is 1. The molecule has 1 fully saturated rings. The number of hydrogen-bond acceptors (Lipinski definition) is 2. The second kappa shape index (κ2) is 4.61. The number of hydrogen-bond donors (Lipinski definition) is 2.